The molecule has 3 amide bonds. The van der Waals surface area contributed by atoms with E-state index in [2.05, 4.69) is 32.5 Å². The zero-order valence-corrected chi connectivity index (χ0v) is 20.8. The second-order valence-corrected chi connectivity index (χ2v) is 10.2. The average Bonchev–Trinajstić information content (AvgIpc) is 3.49. The highest BCUT2D eigenvalue weighted by Gasteiger charge is 2.39. The SMILES string of the molecule is Cc1cccc(-c2noc(CN3CCC(c4ccc5c(c4)CN(C4CCC(=O)NC4=O)C5=O)CC3)n2)c1. The highest BCUT2D eigenvalue weighted by Crippen LogP contribution is 2.34. The van der Waals surface area contributed by atoms with Crippen molar-refractivity contribution in [2.45, 2.75) is 57.7 Å². The molecule has 190 valence electrons. The fraction of sp³-hybridized carbons (Fsp3) is 0.393. The lowest BCUT2D eigenvalue weighted by molar-refractivity contribution is -0.136. The third-order valence-corrected chi connectivity index (χ3v) is 7.71. The molecule has 0 saturated carbocycles. The molecular formula is C28H29N5O4. The normalized spacial score (nSPS) is 20.8. The molecule has 1 atom stereocenters. The molecule has 1 N–H and O–H groups in total. The van der Waals surface area contributed by atoms with E-state index in [0.717, 1.165) is 42.6 Å². The van der Waals surface area contributed by atoms with Gasteiger partial charge >= 0.3 is 0 Å². The summed E-state index contributed by atoms with van der Waals surface area (Å²) in [7, 11) is 0. The first-order chi connectivity index (χ1) is 17.9. The van der Waals surface area contributed by atoms with E-state index in [1.54, 1.807) is 4.90 Å². The molecule has 0 bridgehead atoms. The zero-order valence-electron chi connectivity index (χ0n) is 20.8. The Labute approximate surface area is 214 Å². The molecule has 3 aliphatic rings. The van der Waals surface area contributed by atoms with Crippen LogP contribution in [-0.4, -0.2) is 56.8 Å². The summed E-state index contributed by atoms with van der Waals surface area (Å²) in [6.45, 7) is 4.93. The first-order valence-corrected chi connectivity index (χ1v) is 12.8. The molecule has 0 radical (unpaired) electrons. The summed E-state index contributed by atoms with van der Waals surface area (Å²) < 4.78 is 5.52. The number of aryl methyl sites for hydroxylation is 1. The maximum Gasteiger partial charge on any atom is 0.255 e. The molecule has 2 saturated heterocycles. The number of piperidine rings is 2. The summed E-state index contributed by atoms with van der Waals surface area (Å²) in [5, 5.41) is 6.52. The van der Waals surface area contributed by atoms with Gasteiger partial charge in [-0.15, -0.1) is 0 Å². The highest BCUT2D eigenvalue weighted by atomic mass is 16.5. The number of carbonyl (C=O) groups is 3. The van der Waals surface area contributed by atoms with Crippen LogP contribution in [0.1, 0.15) is 64.5 Å². The molecule has 4 heterocycles. The number of carbonyl (C=O) groups excluding carboxylic acids is 3. The number of nitrogens with zero attached hydrogens (tertiary/aromatic N) is 4. The Morgan fingerprint density at radius 1 is 1.05 bits per heavy atom. The largest absolute Gasteiger partial charge is 0.338 e. The summed E-state index contributed by atoms with van der Waals surface area (Å²) in [5.41, 5.74) is 4.97. The first kappa shape index (κ1) is 23.5. The zero-order chi connectivity index (χ0) is 25.5. The number of hydrogen-bond acceptors (Lipinski definition) is 7. The van der Waals surface area contributed by atoms with Gasteiger partial charge in [-0.1, -0.05) is 41.1 Å². The fourth-order valence-corrected chi connectivity index (χ4v) is 5.68. The predicted molar refractivity (Wildman–Crippen MR) is 134 cm³/mol. The molecule has 0 spiro atoms. The van der Waals surface area contributed by atoms with Crippen LogP contribution in [-0.2, 0) is 22.7 Å². The van der Waals surface area contributed by atoms with E-state index in [-0.39, 0.29) is 24.1 Å². The molecule has 6 rings (SSSR count). The van der Waals surface area contributed by atoms with E-state index in [4.69, 9.17) is 4.52 Å². The van der Waals surface area contributed by atoms with Gasteiger partial charge in [-0.05, 0) is 68.5 Å². The Morgan fingerprint density at radius 3 is 2.68 bits per heavy atom. The molecule has 0 aliphatic carbocycles. The fourth-order valence-electron chi connectivity index (χ4n) is 5.68. The Morgan fingerprint density at radius 2 is 1.89 bits per heavy atom. The number of imide groups is 1. The third-order valence-electron chi connectivity index (χ3n) is 7.71. The van der Waals surface area contributed by atoms with Gasteiger partial charge in [0.1, 0.15) is 6.04 Å². The van der Waals surface area contributed by atoms with Gasteiger partial charge in [0.05, 0.1) is 6.54 Å². The Bertz CT molecular complexity index is 1370. The van der Waals surface area contributed by atoms with Gasteiger partial charge in [0, 0.05) is 24.1 Å². The van der Waals surface area contributed by atoms with Crippen LogP contribution in [0.2, 0.25) is 0 Å². The number of nitrogens with one attached hydrogen (secondary N) is 1. The minimum atomic E-state index is -0.583. The van der Waals surface area contributed by atoms with E-state index >= 15 is 0 Å². The molecule has 37 heavy (non-hydrogen) atoms. The molecule has 3 aliphatic heterocycles. The second-order valence-electron chi connectivity index (χ2n) is 10.2. The maximum absolute atomic E-state index is 13.0. The lowest BCUT2D eigenvalue weighted by Crippen LogP contribution is -2.52. The maximum atomic E-state index is 13.0. The lowest BCUT2D eigenvalue weighted by Gasteiger charge is -2.31. The molecular weight excluding hydrogens is 470 g/mol. The summed E-state index contributed by atoms with van der Waals surface area (Å²) in [6.07, 6.45) is 2.64. The first-order valence-electron chi connectivity index (χ1n) is 12.8. The monoisotopic (exact) mass is 499 g/mol. The van der Waals surface area contributed by atoms with E-state index in [1.165, 1.54) is 5.56 Å². The summed E-state index contributed by atoms with van der Waals surface area (Å²) in [4.78, 5) is 45.3. The van der Waals surface area contributed by atoms with Crippen LogP contribution in [0.4, 0.5) is 0 Å². The molecule has 9 nitrogen and oxygen atoms in total. The Kier molecular flexibility index (Phi) is 6.08. The second kappa shape index (κ2) is 9.55. The molecule has 2 fully saturated rings. The summed E-state index contributed by atoms with van der Waals surface area (Å²) in [5.74, 6) is 0.872. The summed E-state index contributed by atoms with van der Waals surface area (Å²) >= 11 is 0. The quantitative estimate of drug-likeness (QED) is 0.537. The summed E-state index contributed by atoms with van der Waals surface area (Å²) in [6, 6.07) is 13.6. The van der Waals surface area contributed by atoms with Crippen molar-refractivity contribution in [3.63, 3.8) is 0 Å². The standard InChI is InChI=1S/C28H29N5O4/c1-17-3-2-4-20(13-17)26-30-25(37-31-26)16-32-11-9-18(10-12-32)19-5-6-22-21(14-19)15-33(28(22)36)23-7-8-24(34)29-27(23)35/h2-6,13-14,18,23H,7-12,15-16H2,1H3,(H,29,34,35). The highest BCUT2D eigenvalue weighted by molar-refractivity contribution is 6.05. The van der Waals surface area contributed by atoms with Gasteiger partial charge in [-0.25, -0.2) is 0 Å². The molecule has 3 aromatic rings. The Balaban J connectivity index is 1.07. The molecule has 2 aromatic carbocycles. The minimum Gasteiger partial charge on any atom is -0.338 e. The van der Waals surface area contributed by atoms with Crippen LogP contribution in [0.5, 0.6) is 0 Å². The van der Waals surface area contributed by atoms with Gasteiger partial charge in [-0.3, -0.25) is 24.6 Å². The number of likely N-dealkylation sites (tertiary alicyclic amines) is 1. The van der Waals surface area contributed by atoms with Crippen molar-refractivity contribution in [3.05, 3.63) is 70.6 Å². The molecule has 1 aromatic heterocycles. The van der Waals surface area contributed by atoms with E-state index < -0.39 is 6.04 Å². The van der Waals surface area contributed by atoms with Crippen LogP contribution in [0.3, 0.4) is 0 Å². The topological polar surface area (TPSA) is 109 Å². The smallest absolute Gasteiger partial charge is 0.255 e. The number of hydrogen-bond donors (Lipinski definition) is 1. The van der Waals surface area contributed by atoms with Crippen molar-refractivity contribution >= 4 is 17.7 Å². The minimum absolute atomic E-state index is 0.129. The predicted octanol–water partition coefficient (Wildman–Crippen LogP) is 3.19. The van der Waals surface area contributed by atoms with Gasteiger partial charge in [0.2, 0.25) is 23.5 Å². The Hall–Kier alpha value is -3.85. The van der Waals surface area contributed by atoms with Crippen molar-refractivity contribution in [3.8, 4) is 11.4 Å². The van der Waals surface area contributed by atoms with Crippen molar-refractivity contribution < 1.29 is 18.9 Å². The van der Waals surface area contributed by atoms with Gasteiger partial charge in [-0.2, -0.15) is 4.98 Å². The third kappa shape index (κ3) is 4.67. The van der Waals surface area contributed by atoms with Crippen LogP contribution in [0, 0.1) is 6.92 Å². The van der Waals surface area contributed by atoms with Crippen LogP contribution < -0.4 is 5.32 Å². The number of fused-ring (bicyclic) bond motifs is 1. The van der Waals surface area contributed by atoms with E-state index in [9.17, 15) is 14.4 Å². The number of amides is 3. The number of benzene rings is 2. The van der Waals surface area contributed by atoms with Gasteiger partial charge in [0.25, 0.3) is 5.91 Å². The van der Waals surface area contributed by atoms with Crippen LogP contribution in [0.15, 0.2) is 47.0 Å². The number of aromatic nitrogens is 2. The van der Waals surface area contributed by atoms with Gasteiger partial charge in [0.15, 0.2) is 0 Å². The van der Waals surface area contributed by atoms with Crippen LogP contribution in [0.25, 0.3) is 11.4 Å². The van der Waals surface area contributed by atoms with Crippen molar-refractivity contribution in [1.29, 1.82) is 0 Å². The molecule has 9 heteroatoms. The number of rotatable bonds is 5. The average molecular weight is 500 g/mol. The van der Waals surface area contributed by atoms with Crippen molar-refractivity contribution in [2.24, 2.45) is 0 Å². The van der Waals surface area contributed by atoms with E-state index in [1.807, 2.05) is 37.3 Å². The van der Waals surface area contributed by atoms with Gasteiger partial charge < -0.3 is 9.42 Å². The van der Waals surface area contributed by atoms with Crippen molar-refractivity contribution in [1.82, 2.24) is 25.3 Å². The van der Waals surface area contributed by atoms with E-state index in [0.29, 0.717) is 42.7 Å². The van der Waals surface area contributed by atoms with Crippen molar-refractivity contribution in [2.75, 3.05) is 13.1 Å². The molecule has 1 unspecified atom stereocenters. The van der Waals surface area contributed by atoms with Crippen LogP contribution >= 0.6 is 0 Å². The lowest BCUT2D eigenvalue weighted by atomic mass is 9.88.